The summed E-state index contributed by atoms with van der Waals surface area (Å²) in [6.07, 6.45) is 5.86. The number of thiazole rings is 1. The van der Waals surface area contributed by atoms with Crippen molar-refractivity contribution in [2.75, 3.05) is 0 Å². The van der Waals surface area contributed by atoms with Gasteiger partial charge < -0.3 is 0 Å². The molecule has 0 amide bonds. The van der Waals surface area contributed by atoms with Gasteiger partial charge in [-0.05, 0) is 23.8 Å². The molecule has 0 aliphatic carbocycles. The molecule has 0 aliphatic heterocycles. The summed E-state index contributed by atoms with van der Waals surface area (Å²) >= 11 is 1.55. The van der Waals surface area contributed by atoms with Gasteiger partial charge in [0, 0.05) is 28.8 Å². The number of hydrogen-bond acceptors (Lipinski definition) is 4. The third-order valence-electron chi connectivity index (χ3n) is 3.09. The van der Waals surface area contributed by atoms with E-state index in [0.717, 1.165) is 21.0 Å². The molecule has 22 heavy (non-hydrogen) atoms. The second kappa shape index (κ2) is 6.32. The summed E-state index contributed by atoms with van der Waals surface area (Å²) in [5.74, 6) is 0. The van der Waals surface area contributed by atoms with Crippen molar-refractivity contribution in [1.29, 1.82) is 0 Å². The van der Waals surface area contributed by atoms with E-state index in [9.17, 15) is 10.1 Å². The molecule has 0 bridgehead atoms. The zero-order valence-electron chi connectivity index (χ0n) is 11.5. The SMILES string of the molecule is O=[N+]([O-])c1ccc(-c2ncc(/C=C/c3ccccc3)s2)cc1. The van der Waals surface area contributed by atoms with Crippen LogP contribution in [0.25, 0.3) is 22.7 Å². The Morgan fingerprint density at radius 3 is 2.41 bits per heavy atom. The molecule has 1 aromatic heterocycles. The Bertz CT molecular complexity index is 808. The Labute approximate surface area is 131 Å². The summed E-state index contributed by atoms with van der Waals surface area (Å²) in [4.78, 5) is 15.7. The fourth-order valence-electron chi connectivity index (χ4n) is 1.97. The first-order valence-electron chi connectivity index (χ1n) is 6.66. The van der Waals surface area contributed by atoms with E-state index in [4.69, 9.17) is 0 Å². The second-order valence-electron chi connectivity index (χ2n) is 4.62. The van der Waals surface area contributed by atoms with Gasteiger partial charge in [0.2, 0.25) is 0 Å². The van der Waals surface area contributed by atoms with Gasteiger partial charge in [-0.25, -0.2) is 4.98 Å². The van der Waals surface area contributed by atoms with Crippen LogP contribution in [-0.4, -0.2) is 9.91 Å². The molecule has 0 fully saturated rings. The van der Waals surface area contributed by atoms with Crippen molar-refractivity contribution in [3.8, 4) is 10.6 Å². The van der Waals surface area contributed by atoms with Gasteiger partial charge in [-0.3, -0.25) is 10.1 Å². The van der Waals surface area contributed by atoms with Crippen LogP contribution in [0.2, 0.25) is 0 Å². The van der Waals surface area contributed by atoms with Crippen LogP contribution < -0.4 is 0 Å². The molecule has 4 nitrogen and oxygen atoms in total. The highest BCUT2D eigenvalue weighted by molar-refractivity contribution is 7.15. The highest BCUT2D eigenvalue weighted by atomic mass is 32.1. The standard InChI is InChI=1S/C17H12N2O2S/c20-19(21)15-9-7-14(8-10-15)17-18-12-16(22-17)11-6-13-4-2-1-3-5-13/h1-12H/b11-6+. The van der Waals surface area contributed by atoms with Crippen LogP contribution in [0.1, 0.15) is 10.4 Å². The number of nitro benzene ring substituents is 1. The van der Waals surface area contributed by atoms with E-state index in [0.29, 0.717) is 0 Å². The molecule has 0 radical (unpaired) electrons. The summed E-state index contributed by atoms with van der Waals surface area (Å²) in [5.41, 5.74) is 2.10. The van der Waals surface area contributed by atoms with E-state index in [1.165, 1.54) is 12.1 Å². The van der Waals surface area contributed by atoms with Gasteiger partial charge in [-0.2, -0.15) is 0 Å². The maximum atomic E-state index is 10.7. The first-order chi connectivity index (χ1) is 10.7. The Morgan fingerprint density at radius 2 is 1.73 bits per heavy atom. The number of hydrogen-bond donors (Lipinski definition) is 0. The fourth-order valence-corrected chi connectivity index (χ4v) is 2.79. The zero-order chi connectivity index (χ0) is 15.4. The molecule has 3 rings (SSSR count). The van der Waals surface area contributed by atoms with Crippen LogP contribution >= 0.6 is 11.3 Å². The first kappa shape index (κ1) is 14.2. The van der Waals surface area contributed by atoms with Crippen molar-refractivity contribution in [2.45, 2.75) is 0 Å². The summed E-state index contributed by atoms with van der Waals surface area (Å²) in [5, 5.41) is 11.5. The van der Waals surface area contributed by atoms with Crippen molar-refractivity contribution in [3.63, 3.8) is 0 Å². The summed E-state index contributed by atoms with van der Waals surface area (Å²) in [7, 11) is 0. The molecule has 5 heteroatoms. The van der Waals surface area contributed by atoms with E-state index in [2.05, 4.69) is 4.98 Å². The minimum absolute atomic E-state index is 0.0875. The normalized spacial score (nSPS) is 10.9. The third kappa shape index (κ3) is 3.27. The maximum Gasteiger partial charge on any atom is 0.269 e. The lowest BCUT2D eigenvalue weighted by Gasteiger charge is -1.95. The second-order valence-corrected chi connectivity index (χ2v) is 5.68. The molecule has 2 aromatic carbocycles. The monoisotopic (exact) mass is 308 g/mol. The molecule has 1 heterocycles. The lowest BCUT2D eigenvalue weighted by Crippen LogP contribution is -1.86. The molecule has 0 unspecified atom stereocenters. The van der Waals surface area contributed by atoms with Crippen molar-refractivity contribution in [2.24, 2.45) is 0 Å². The Hall–Kier alpha value is -2.79. The van der Waals surface area contributed by atoms with Crippen LogP contribution in [0, 0.1) is 10.1 Å². The fraction of sp³-hybridized carbons (Fsp3) is 0. The van der Waals surface area contributed by atoms with E-state index in [-0.39, 0.29) is 5.69 Å². The van der Waals surface area contributed by atoms with Gasteiger partial charge in [0.05, 0.1) is 4.92 Å². The average molecular weight is 308 g/mol. The minimum atomic E-state index is -0.403. The van der Waals surface area contributed by atoms with Crippen molar-refractivity contribution in [1.82, 2.24) is 4.98 Å². The number of nitrogens with zero attached hydrogens (tertiary/aromatic N) is 2. The van der Waals surface area contributed by atoms with Gasteiger partial charge in [-0.1, -0.05) is 36.4 Å². The van der Waals surface area contributed by atoms with E-state index >= 15 is 0 Å². The molecule has 108 valence electrons. The van der Waals surface area contributed by atoms with Crippen molar-refractivity contribution >= 4 is 29.2 Å². The molecule has 3 aromatic rings. The first-order valence-corrected chi connectivity index (χ1v) is 7.48. The van der Waals surface area contributed by atoms with Crippen LogP contribution in [-0.2, 0) is 0 Å². The largest absolute Gasteiger partial charge is 0.269 e. The predicted molar refractivity (Wildman–Crippen MR) is 89.6 cm³/mol. The lowest BCUT2D eigenvalue weighted by atomic mass is 10.2. The van der Waals surface area contributed by atoms with Gasteiger partial charge in [0.1, 0.15) is 5.01 Å². The van der Waals surface area contributed by atoms with Crippen LogP contribution in [0.3, 0.4) is 0 Å². The van der Waals surface area contributed by atoms with E-state index < -0.39 is 4.92 Å². The summed E-state index contributed by atoms with van der Waals surface area (Å²) in [6.45, 7) is 0. The molecule has 0 N–H and O–H groups in total. The average Bonchev–Trinajstić information content (AvgIpc) is 3.03. The number of rotatable bonds is 4. The van der Waals surface area contributed by atoms with Crippen molar-refractivity contribution < 1.29 is 4.92 Å². The lowest BCUT2D eigenvalue weighted by molar-refractivity contribution is -0.384. The smallest absolute Gasteiger partial charge is 0.258 e. The molecule has 0 aliphatic rings. The number of non-ortho nitro benzene ring substituents is 1. The van der Waals surface area contributed by atoms with Crippen molar-refractivity contribution in [3.05, 3.63) is 81.3 Å². The molecule has 0 atom stereocenters. The molecule has 0 saturated heterocycles. The molecule has 0 saturated carbocycles. The highest BCUT2D eigenvalue weighted by Gasteiger charge is 2.07. The number of nitro groups is 1. The Balaban J connectivity index is 1.79. The van der Waals surface area contributed by atoms with E-state index in [1.807, 2.05) is 42.5 Å². The molecular weight excluding hydrogens is 296 g/mol. The Kier molecular flexibility index (Phi) is 4.07. The van der Waals surface area contributed by atoms with Crippen LogP contribution in [0.4, 0.5) is 5.69 Å². The van der Waals surface area contributed by atoms with Gasteiger partial charge >= 0.3 is 0 Å². The maximum absolute atomic E-state index is 10.7. The minimum Gasteiger partial charge on any atom is -0.258 e. The van der Waals surface area contributed by atoms with Gasteiger partial charge in [0.25, 0.3) is 5.69 Å². The van der Waals surface area contributed by atoms with Gasteiger partial charge in [-0.15, -0.1) is 11.3 Å². The topological polar surface area (TPSA) is 56.0 Å². The third-order valence-corrected chi connectivity index (χ3v) is 4.10. The quantitative estimate of drug-likeness (QED) is 0.509. The highest BCUT2D eigenvalue weighted by Crippen LogP contribution is 2.27. The number of aromatic nitrogens is 1. The number of benzene rings is 2. The predicted octanol–water partition coefficient (Wildman–Crippen LogP) is 4.89. The van der Waals surface area contributed by atoms with Gasteiger partial charge in [0.15, 0.2) is 0 Å². The molecular formula is C17H12N2O2S. The van der Waals surface area contributed by atoms with Crippen LogP contribution in [0.5, 0.6) is 0 Å². The van der Waals surface area contributed by atoms with Crippen LogP contribution in [0.15, 0.2) is 60.8 Å². The zero-order valence-corrected chi connectivity index (χ0v) is 12.4. The Morgan fingerprint density at radius 1 is 1.00 bits per heavy atom. The summed E-state index contributed by atoms with van der Waals surface area (Å²) in [6, 6.07) is 16.5. The van der Waals surface area contributed by atoms with E-state index in [1.54, 1.807) is 29.7 Å². The summed E-state index contributed by atoms with van der Waals surface area (Å²) < 4.78 is 0. The molecule has 0 spiro atoms.